The number of aryl methyl sites for hydroxylation is 1. The first-order valence-corrected chi connectivity index (χ1v) is 15.3. The zero-order chi connectivity index (χ0) is 32.4. The summed E-state index contributed by atoms with van der Waals surface area (Å²) in [6, 6.07) is 10.2. The van der Waals surface area contributed by atoms with Crippen LogP contribution in [0, 0.1) is 17.2 Å². The Hall–Kier alpha value is -4.83. The number of halogens is 3. The normalized spacial score (nSPS) is 16.8. The van der Waals surface area contributed by atoms with Crippen LogP contribution in [0.25, 0.3) is 22.5 Å². The standard InChI is InChI=1S/C33H34F3N9O/c1-21-6-5-11-44(17-21)18-22-12-25-27(28(13-22)33(34,35)36)19-45(32(25)46)30-15-23(14-29(41-30)39-9-4-3-8-37)26-16-38-10-7-24(26)31-42-40-20-43(31)2/h7,10,12-16,20-21H,3-6,9,11,17-19H2,1-2H3,(H,39,41)/t21-/m0/s1. The Labute approximate surface area is 264 Å². The van der Waals surface area contributed by atoms with Gasteiger partial charge in [0, 0.05) is 62.2 Å². The summed E-state index contributed by atoms with van der Waals surface area (Å²) in [5.74, 6) is 1.15. The van der Waals surface area contributed by atoms with Gasteiger partial charge in [-0.1, -0.05) is 6.92 Å². The third kappa shape index (κ3) is 6.44. The minimum Gasteiger partial charge on any atom is -0.370 e. The number of hydrogen-bond acceptors (Lipinski definition) is 8. The van der Waals surface area contributed by atoms with Gasteiger partial charge in [0.1, 0.15) is 18.0 Å². The Bertz CT molecular complexity index is 1800. The lowest BCUT2D eigenvalue weighted by Crippen LogP contribution is -2.33. The summed E-state index contributed by atoms with van der Waals surface area (Å²) < 4.78 is 45.2. The number of unbranched alkanes of at least 4 members (excludes halogenated alkanes) is 1. The number of carbonyl (C=O) groups is 1. The molecule has 0 bridgehead atoms. The van der Waals surface area contributed by atoms with E-state index in [1.165, 1.54) is 11.0 Å². The fourth-order valence-corrected chi connectivity index (χ4v) is 6.32. The zero-order valence-electron chi connectivity index (χ0n) is 25.7. The fraction of sp³-hybridized carbons (Fsp3) is 0.394. The number of alkyl halides is 3. The molecule has 13 heteroatoms. The number of nitriles is 1. The minimum atomic E-state index is -4.63. The van der Waals surface area contributed by atoms with Crippen molar-refractivity contribution in [1.29, 1.82) is 5.26 Å². The number of hydrogen-bond donors (Lipinski definition) is 1. The maximum absolute atomic E-state index is 14.5. The summed E-state index contributed by atoms with van der Waals surface area (Å²) in [6.07, 6.45) is 3.26. The van der Waals surface area contributed by atoms with E-state index in [0.717, 1.165) is 31.5 Å². The van der Waals surface area contributed by atoms with E-state index in [1.807, 2.05) is 7.05 Å². The largest absolute Gasteiger partial charge is 0.416 e. The quantitative estimate of drug-likeness (QED) is 0.222. The van der Waals surface area contributed by atoms with Gasteiger partial charge in [-0.25, -0.2) is 4.98 Å². The van der Waals surface area contributed by atoms with Crippen LogP contribution in [0.4, 0.5) is 24.8 Å². The highest BCUT2D eigenvalue weighted by atomic mass is 19.4. The van der Waals surface area contributed by atoms with E-state index < -0.39 is 17.6 Å². The number of rotatable bonds is 9. The molecule has 0 spiro atoms. The molecule has 6 rings (SSSR count). The highest BCUT2D eigenvalue weighted by molar-refractivity contribution is 6.10. The molecule has 2 aliphatic rings. The van der Waals surface area contributed by atoms with E-state index in [2.05, 4.69) is 43.4 Å². The first-order chi connectivity index (χ1) is 22.1. The molecule has 1 amide bonds. The molecule has 3 aromatic heterocycles. The van der Waals surface area contributed by atoms with Crippen molar-refractivity contribution in [1.82, 2.24) is 29.6 Å². The van der Waals surface area contributed by atoms with Crippen molar-refractivity contribution in [2.75, 3.05) is 29.9 Å². The molecule has 2 aliphatic heterocycles. The Morgan fingerprint density at radius 1 is 1.15 bits per heavy atom. The number of fused-ring (bicyclic) bond motifs is 1. The van der Waals surface area contributed by atoms with Gasteiger partial charge in [-0.05, 0) is 78.7 Å². The molecule has 0 aliphatic carbocycles. The predicted molar refractivity (Wildman–Crippen MR) is 166 cm³/mol. The van der Waals surface area contributed by atoms with Gasteiger partial charge in [-0.15, -0.1) is 10.2 Å². The van der Waals surface area contributed by atoms with Crippen LogP contribution in [0.15, 0.2) is 49.1 Å². The Morgan fingerprint density at radius 3 is 2.74 bits per heavy atom. The molecule has 4 aromatic rings. The van der Waals surface area contributed by atoms with Gasteiger partial charge in [0.2, 0.25) is 0 Å². The maximum atomic E-state index is 14.5. The van der Waals surface area contributed by atoms with Crippen LogP contribution in [0.1, 0.15) is 59.7 Å². The van der Waals surface area contributed by atoms with E-state index in [-0.39, 0.29) is 23.5 Å². The third-order valence-electron chi connectivity index (χ3n) is 8.50. The van der Waals surface area contributed by atoms with Crippen LogP contribution >= 0.6 is 0 Å². The topological polar surface area (TPSA) is 116 Å². The summed E-state index contributed by atoms with van der Waals surface area (Å²) >= 11 is 0. The van der Waals surface area contributed by atoms with Crippen molar-refractivity contribution in [2.45, 2.75) is 51.9 Å². The second-order valence-corrected chi connectivity index (χ2v) is 12.0. The molecule has 1 aromatic carbocycles. The molecule has 0 unspecified atom stereocenters. The van der Waals surface area contributed by atoms with Crippen molar-refractivity contribution < 1.29 is 18.0 Å². The third-order valence-corrected chi connectivity index (χ3v) is 8.50. The molecule has 1 N–H and O–H groups in total. The highest BCUT2D eigenvalue weighted by Gasteiger charge is 2.41. The number of amides is 1. The molecule has 1 saturated heterocycles. The molecule has 1 atom stereocenters. The van der Waals surface area contributed by atoms with Crippen LogP contribution in [-0.2, 0) is 26.3 Å². The van der Waals surface area contributed by atoms with Crippen LogP contribution in [-0.4, -0.2) is 55.2 Å². The Balaban J connectivity index is 1.40. The van der Waals surface area contributed by atoms with Crippen molar-refractivity contribution in [3.05, 3.63) is 71.3 Å². The summed E-state index contributed by atoms with van der Waals surface area (Å²) in [5.41, 5.74) is 1.73. The molecule has 5 heterocycles. The zero-order valence-corrected chi connectivity index (χ0v) is 25.7. The van der Waals surface area contributed by atoms with Gasteiger partial charge in [-0.2, -0.15) is 18.4 Å². The number of likely N-dealkylation sites (tertiary alicyclic amines) is 1. The maximum Gasteiger partial charge on any atom is 0.416 e. The van der Waals surface area contributed by atoms with Crippen LogP contribution in [0.3, 0.4) is 0 Å². The summed E-state index contributed by atoms with van der Waals surface area (Å²) in [5, 5.41) is 20.4. The van der Waals surface area contributed by atoms with Crippen LogP contribution in [0.5, 0.6) is 0 Å². The summed E-state index contributed by atoms with van der Waals surface area (Å²) in [6.45, 7) is 4.30. The van der Waals surface area contributed by atoms with E-state index in [0.29, 0.717) is 60.2 Å². The van der Waals surface area contributed by atoms with Gasteiger partial charge >= 0.3 is 6.18 Å². The predicted octanol–water partition coefficient (Wildman–Crippen LogP) is 6.07. The second-order valence-electron chi connectivity index (χ2n) is 12.0. The van der Waals surface area contributed by atoms with Crippen molar-refractivity contribution in [3.63, 3.8) is 0 Å². The van der Waals surface area contributed by atoms with E-state index >= 15 is 0 Å². The minimum absolute atomic E-state index is 0.0479. The average molecular weight is 630 g/mol. The monoisotopic (exact) mass is 629 g/mol. The summed E-state index contributed by atoms with van der Waals surface area (Å²) in [4.78, 5) is 26.4. The molecule has 0 radical (unpaired) electrons. The highest BCUT2D eigenvalue weighted by Crippen LogP contribution is 2.41. The lowest BCUT2D eigenvalue weighted by atomic mass is 9.96. The molecule has 46 heavy (non-hydrogen) atoms. The number of anilines is 2. The number of pyridine rings is 2. The molecule has 1 fully saturated rings. The van der Waals surface area contributed by atoms with E-state index in [9.17, 15) is 18.0 Å². The van der Waals surface area contributed by atoms with Crippen LogP contribution < -0.4 is 10.2 Å². The van der Waals surface area contributed by atoms with Gasteiger partial charge in [0.15, 0.2) is 5.82 Å². The number of aromatic nitrogens is 5. The smallest absolute Gasteiger partial charge is 0.370 e. The molecular weight excluding hydrogens is 595 g/mol. The summed E-state index contributed by atoms with van der Waals surface area (Å²) in [7, 11) is 1.82. The van der Waals surface area contributed by atoms with Gasteiger partial charge < -0.3 is 9.88 Å². The fourth-order valence-electron chi connectivity index (χ4n) is 6.32. The first kappa shape index (κ1) is 31.2. The second kappa shape index (κ2) is 12.9. The van der Waals surface area contributed by atoms with E-state index in [4.69, 9.17) is 5.26 Å². The number of carbonyl (C=O) groups excluding carboxylic acids is 1. The Kier molecular flexibility index (Phi) is 8.73. The van der Waals surface area contributed by atoms with Gasteiger partial charge in [0.25, 0.3) is 5.91 Å². The van der Waals surface area contributed by atoms with Crippen molar-refractivity contribution in [2.24, 2.45) is 13.0 Å². The number of benzene rings is 1. The number of nitrogens with one attached hydrogen (secondary N) is 1. The lowest BCUT2D eigenvalue weighted by molar-refractivity contribution is -0.138. The SMILES string of the molecule is C[C@H]1CCCN(Cc2cc3c(c(C(F)(F)F)c2)CN(c2cc(-c4cnccc4-c4nncn4C)cc(NCCCC#N)n2)C3=O)C1. The Morgan fingerprint density at radius 2 is 2.00 bits per heavy atom. The van der Waals surface area contributed by atoms with Crippen molar-refractivity contribution >= 4 is 17.5 Å². The number of nitrogens with zero attached hydrogens (tertiary/aromatic N) is 8. The van der Waals surface area contributed by atoms with Gasteiger partial charge in [-0.3, -0.25) is 19.6 Å². The number of piperidine rings is 1. The molecular formula is C33H34F3N9O. The molecule has 10 nitrogen and oxygen atoms in total. The lowest BCUT2D eigenvalue weighted by Gasteiger charge is -2.31. The van der Waals surface area contributed by atoms with Gasteiger partial charge in [0.05, 0.1) is 18.2 Å². The van der Waals surface area contributed by atoms with Crippen LogP contribution in [0.2, 0.25) is 0 Å². The first-order valence-electron chi connectivity index (χ1n) is 15.3. The van der Waals surface area contributed by atoms with Crippen molar-refractivity contribution in [3.8, 4) is 28.6 Å². The van der Waals surface area contributed by atoms with E-state index in [1.54, 1.807) is 47.6 Å². The average Bonchev–Trinajstić information content (AvgIpc) is 3.61. The molecule has 0 saturated carbocycles. The molecule has 238 valence electrons.